The van der Waals surface area contributed by atoms with Crippen LogP contribution in [0.3, 0.4) is 0 Å². The summed E-state index contributed by atoms with van der Waals surface area (Å²) in [5.74, 6) is 1.03. The van der Waals surface area contributed by atoms with Crippen molar-refractivity contribution in [1.82, 2.24) is 9.97 Å². The number of fused-ring (bicyclic) bond motifs is 2. The van der Waals surface area contributed by atoms with Crippen LogP contribution in [0.15, 0.2) is 54.7 Å². The van der Waals surface area contributed by atoms with Gasteiger partial charge in [-0.2, -0.15) is 0 Å². The molecule has 0 amide bonds. The summed E-state index contributed by atoms with van der Waals surface area (Å²) in [7, 11) is 0. The van der Waals surface area contributed by atoms with Gasteiger partial charge in [0.2, 0.25) is 0 Å². The molecular weight excluding hydrogens is 292 g/mol. The van der Waals surface area contributed by atoms with Crippen molar-refractivity contribution < 1.29 is 0 Å². The molecule has 4 rings (SSSR count). The molecule has 0 saturated heterocycles. The average molecular weight is 316 g/mol. The third-order valence-corrected chi connectivity index (χ3v) is 5.05. The summed E-state index contributed by atoms with van der Waals surface area (Å²) in [6.45, 7) is 6.82. The van der Waals surface area contributed by atoms with Gasteiger partial charge in [-0.3, -0.25) is 0 Å². The first-order valence-electron chi connectivity index (χ1n) is 8.79. The molecule has 24 heavy (non-hydrogen) atoms. The van der Waals surface area contributed by atoms with Gasteiger partial charge in [-0.15, -0.1) is 0 Å². The fourth-order valence-electron chi connectivity index (χ4n) is 3.67. The Morgan fingerprint density at radius 1 is 0.917 bits per heavy atom. The topological polar surface area (TPSA) is 31.6 Å². The number of aromatic nitrogens is 2. The third kappa shape index (κ3) is 2.62. The molecule has 2 N–H and O–H groups in total. The Morgan fingerprint density at radius 3 is 2.62 bits per heavy atom. The van der Waals surface area contributed by atoms with Crippen molar-refractivity contribution in [1.29, 1.82) is 0 Å². The second-order valence-corrected chi connectivity index (χ2v) is 7.19. The number of hydrogen-bond acceptors (Lipinski definition) is 0. The molecule has 2 aromatic heterocycles. The van der Waals surface area contributed by atoms with Crippen LogP contribution in [0.1, 0.15) is 49.4 Å². The maximum absolute atomic E-state index is 3.62. The van der Waals surface area contributed by atoms with Crippen LogP contribution >= 0.6 is 0 Å². The average Bonchev–Trinajstić information content (AvgIpc) is 3.19. The van der Waals surface area contributed by atoms with Crippen molar-refractivity contribution in [3.05, 3.63) is 71.5 Å². The number of H-pyrrole nitrogens is 2. The summed E-state index contributed by atoms with van der Waals surface area (Å²) in [5, 5.41) is 2.65. The highest BCUT2D eigenvalue weighted by molar-refractivity contribution is 5.84. The minimum Gasteiger partial charge on any atom is -0.361 e. The summed E-state index contributed by atoms with van der Waals surface area (Å²) >= 11 is 0. The molecule has 0 spiro atoms. The largest absolute Gasteiger partial charge is 0.361 e. The van der Waals surface area contributed by atoms with Crippen molar-refractivity contribution in [2.45, 2.75) is 39.0 Å². The lowest BCUT2D eigenvalue weighted by Gasteiger charge is -2.11. The summed E-state index contributed by atoms with van der Waals surface area (Å²) in [5.41, 5.74) is 6.60. The van der Waals surface area contributed by atoms with Gasteiger partial charge in [-0.05, 0) is 59.0 Å². The van der Waals surface area contributed by atoms with Crippen LogP contribution in [0.4, 0.5) is 0 Å². The SMILES string of the molecule is CC(C)c1cccc2[nH]c(CC(C)c3ccc4cc[nH]c4c3)cc12. The van der Waals surface area contributed by atoms with Gasteiger partial charge in [0.05, 0.1) is 0 Å². The monoisotopic (exact) mass is 316 g/mol. The molecule has 2 aromatic carbocycles. The Kier molecular flexibility index (Phi) is 3.68. The summed E-state index contributed by atoms with van der Waals surface area (Å²) in [6, 6.07) is 17.8. The van der Waals surface area contributed by atoms with Gasteiger partial charge in [0.25, 0.3) is 0 Å². The molecule has 2 heteroatoms. The molecule has 0 aliphatic carbocycles. The minimum absolute atomic E-state index is 0.480. The van der Waals surface area contributed by atoms with Gasteiger partial charge in [-0.1, -0.05) is 45.0 Å². The van der Waals surface area contributed by atoms with Crippen molar-refractivity contribution in [2.75, 3.05) is 0 Å². The Labute approximate surface area is 142 Å². The van der Waals surface area contributed by atoms with E-state index in [9.17, 15) is 0 Å². The third-order valence-electron chi connectivity index (χ3n) is 5.05. The maximum atomic E-state index is 3.62. The highest BCUT2D eigenvalue weighted by Gasteiger charge is 2.12. The smallest absolute Gasteiger partial charge is 0.0458 e. The fourth-order valence-corrected chi connectivity index (χ4v) is 3.67. The van der Waals surface area contributed by atoms with Gasteiger partial charge in [0.1, 0.15) is 0 Å². The molecule has 4 aromatic rings. The van der Waals surface area contributed by atoms with E-state index in [1.165, 1.54) is 38.6 Å². The van der Waals surface area contributed by atoms with Gasteiger partial charge in [0.15, 0.2) is 0 Å². The van der Waals surface area contributed by atoms with E-state index in [0.29, 0.717) is 11.8 Å². The Bertz CT molecular complexity index is 987. The lowest BCUT2D eigenvalue weighted by Crippen LogP contribution is -1.98. The number of rotatable bonds is 4. The summed E-state index contributed by atoms with van der Waals surface area (Å²) in [6.07, 6.45) is 3.03. The second-order valence-electron chi connectivity index (χ2n) is 7.19. The highest BCUT2D eigenvalue weighted by atomic mass is 14.7. The Hall–Kier alpha value is -2.48. The summed E-state index contributed by atoms with van der Waals surface area (Å²) < 4.78 is 0. The fraction of sp³-hybridized carbons (Fsp3) is 0.273. The van der Waals surface area contributed by atoms with Crippen LogP contribution in [-0.4, -0.2) is 9.97 Å². The van der Waals surface area contributed by atoms with Crippen molar-refractivity contribution in [2.24, 2.45) is 0 Å². The molecule has 0 saturated carbocycles. The van der Waals surface area contributed by atoms with Crippen molar-refractivity contribution in [3.8, 4) is 0 Å². The lowest BCUT2D eigenvalue weighted by atomic mass is 9.95. The predicted octanol–water partition coefficient (Wildman–Crippen LogP) is 6.12. The normalized spacial score (nSPS) is 13.2. The number of hydrogen-bond donors (Lipinski definition) is 2. The van der Waals surface area contributed by atoms with E-state index in [4.69, 9.17) is 0 Å². The van der Waals surface area contributed by atoms with Crippen LogP contribution in [0.5, 0.6) is 0 Å². The van der Waals surface area contributed by atoms with E-state index in [-0.39, 0.29) is 0 Å². The van der Waals surface area contributed by atoms with Crippen LogP contribution in [-0.2, 0) is 6.42 Å². The van der Waals surface area contributed by atoms with Crippen LogP contribution < -0.4 is 0 Å². The van der Waals surface area contributed by atoms with Crippen LogP contribution in [0, 0.1) is 0 Å². The van der Waals surface area contributed by atoms with E-state index >= 15 is 0 Å². The zero-order chi connectivity index (χ0) is 16.7. The van der Waals surface area contributed by atoms with E-state index in [1.54, 1.807) is 0 Å². The number of benzene rings is 2. The second kappa shape index (κ2) is 5.86. The summed E-state index contributed by atoms with van der Waals surface area (Å²) in [4.78, 5) is 6.93. The number of nitrogens with one attached hydrogen (secondary N) is 2. The molecule has 0 aliphatic rings. The van der Waals surface area contributed by atoms with Gasteiger partial charge < -0.3 is 9.97 Å². The molecule has 0 bridgehead atoms. The maximum Gasteiger partial charge on any atom is 0.0458 e. The first-order valence-corrected chi connectivity index (χ1v) is 8.79. The standard InChI is InChI=1S/C22H24N2/c1-14(2)19-5-4-6-21-20(19)13-18(24-21)11-15(3)17-8-7-16-9-10-23-22(16)12-17/h4-10,12-15,23-24H,11H2,1-3H3. The van der Waals surface area contributed by atoms with Gasteiger partial charge >= 0.3 is 0 Å². The predicted molar refractivity (Wildman–Crippen MR) is 103 cm³/mol. The quantitative estimate of drug-likeness (QED) is 0.454. The first kappa shape index (κ1) is 15.1. The molecular formula is C22H24N2. The van der Waals surface area contributed by atoms with Gasteiger partial charge in [-0.25, -0.2) is 0 Å². The molecule has 1 unspecified atom stereocenters. The first-order chi connectivity index (χ1) is 11.6. The molecule has 2 heterocycles. The van der Waals surface area contributed by atoms with E-state index in [1.807, 2.05) is 6.20 Å². The van der Waals surface area contributed by atoms with Crippen LogP contribution in [0.2, 0.25) is 0 Å². The minimum atomic E-state index is 0.480. The molecule has 1 atom stereocenters. The Balaban J connectivity index is 1.64. The Morgan fingerprint density at radius 2 is 1.79 bits per heavy atom. The van der Waals surface area contributed by atoms with Gasteiger partial charge in [0, 0.05) is 28.3 Å². The molecule has 0 radical (unpaired) electrons. The highest BCUT2D eigenvalue weighted by Crippen LogP contribution is 2.29. The lowest BCUT2D eigenvalue weighted by molar-refractivity contribution is 0.747. The molecule has 0 fully saturated rings. The molecule has 122 valence electrons. The van der Waals surface area contributed by atoms with Crippen LogP contribution in [0.25, 0.3) is 21.8 Å². The molecule has 2 nitrogen and oxygen atoms in total. The van der Waals surface area contributed by atoms with Crippen molar-refractivity contribution in [3.63, 3.8) is 0 Å². The zero-order valence-electron chi connectivity index (χ0n) is 14.6. The zero-order valence-corrected chi connectivity index (χ0v) is 14.6. The van der Waals surface area contributed by atoms with E-state index in [2.05, 4.69) is 79.3 Å². The van der Waals surface area contributed by atoms with E-state index in [0.717, 1.165) is 6.42 Å². The number of aromatic amines is 2. The molecule has 0 aliphatic heterocycles. The van der Waals surface area contributed by atoms with E-state index < -0.39 is 0 Å². The van der Waals surface area contributed by atoms with Crippen molar-refractivity contribution >= 4 is 21.8 Å².